The number of hydrogen-bond acceptors (Lipinski definition) is 6. The topological polar surface area (TPSA) is 166 Å². The number of amides is 3. The molecule has 33 heavy (non-hydrogen) atoms. The van der Waals surface area contributed by atoms with E-state index in [0.717, 1.165) is 16.5 Å². The third kappa shape index (κ3) is 6.96. The van der Waals surface area contributed by atoms with E-state index in [0.29, 0.717) is 0 Å². The lowest BCUT2D eigenvalue weighted by atomic mass is 10.0. The highest BCUT2D eigenvalue weighted by Gasteiger charge is 2.31. The SMILES string of the molecule is CC(N)C(=O)NC(CS)C(=O)NC(Cc1c[nH]c2ccccc12)C(=O)NC(C(=O)O)C(C)C. The predicted octanol–water partition coefficient (Wildman–Crippen LogP) is 0.182. The van der Waals surface area contributed by atoms with Crippen LogP contribution in [-0.4, -0.2) is 63.7 Å². The van der Waals surface area contributed by atoms with Crippen molar-refractivity contribution in [3.05, 3.63) is 36.0 Å². The first kappa shape index (κ1) is 26.2. The second kappa shape index (κ2) is 11.7. The number of thiol groups is 1. The first-order chi connectivity index (χ1) is 15.5. The van der Waals surface area contributed by atoms with E-state index < -0.39 is 47.9 Å². The molecule has 4 unspecified atom stereocenters. The number of H-pyrrole nitrogens is 1. The second-order valence-electron chi connectivity index (χ2n) is 8.23. The summed E-state index contributed by atoms with van der Waals surface area (Å²) < 4.78 is 0. The normalized spacial score (nSPS) is 14.8. The molecule has 0 bridgehead atoms. The fourth-order valence-corrected chi connectivity index (χ4v) is 3.52. The van der Waals surface area contributed by atoms with Crippen LogP contribution in [0.4, 0.5) is 0 Å². The van der Waals surface area contributed by atoms with Gasteiger partial charge in [0.2, 0.25) is 17.7 Å². The summed E-state index contributed by atoms with van der Waals surface area (Å²) in [5, 5.41) is 18.0. The molecule has 0 saturated heterocycles. The molecular weight excluding hydrogens is 446 g/mol. The third-order valence-corrected chi connectivity index (χ3v) is 5.56. The monoisotopic (exact) mass is 477 g/mol. The summed E-state index contributed by atoms with van der Waals surface area (Å²) in [4.78, 5) is 52.6. The highest BCUT2D eigenvalue weighted by Crippen LogP contribution is 2.19. The molecule has 0 radical (unpaired) electrons. The lowest BCUT2D eigenvalue weighted by molar-refractivity contribution is -0.143. The van der Waals surface area contributed by atoms with Gasteiger partial charge in [-0.1, -0.05) is 32.0 Å². The molecule has 2 rings (SSSR count). The lowest BCUT2D eigenvalue weighted by Crippen LogP contribution is -2.58. The Kier molecular flexibility index (Phi) is 9.30. The van der Waals surface area contributed by atoms with Crippen molar-refractivity contribution in [1.82, 2.24) is 20.9 Å². The fraction of sp³-hybridized carbons (Fsp3) is 0.455. The Labute approximate surface area is 197 Å². The molecule has 1 aromatic carbocycles. The second-order valence-corrected chi connectivity index (χ2v) is 8.59. The van der Waals surface area contributed by atoms with Crippen LogP contribution in [0.3, 0.4) is 0 Å². The Balaban J connectivity index is 2.29. The summed E-state index contributed by atoms with van der Waals surface area (Å²) in [6.07, 6.45) is 1.84. The standard InChI is InChI=1S/C22H31N5O5S/c1-11(2)18(22(31)32)27-20(29)16(8-13-9-24-15-7-5-4-6-14(13)15)25-21(30)17(10-33)26-19(28)12(3)23/h4-7,9,11-12,16-18,24,33H,8,10,23H2,1-3H3,(H,25,30)(H,26,28)(H,27,29)(H,31,32). The molecule has 10 nitrogen and oxygen atoms in total. The molecule has 1 aromatic heterocycles. The van der Waals surface area contributed by atoms with Crippen molar-refractivity contribution < 1.29 is 24.3 Å². The van der Waals surface area contributed by atoms with Gasteiger partial charge >= 0.3 is 5.97 Å². The molecule has 1 heterocycles. The predicted molar refractivity (Wildman–Crippen MR) is 128 cm³/mol. The van der Waals surface area contributed by atoms with E-state index >= 15 is 0 Å². The van der Waals surface area contributed by atoms with Crippen LogP contribution in [0.1, 0.15) is 26.3 Å². The van der Waals surface area contributed by atoms with Crippen LogP contribution in [0.2, 0.25) is 0 Å². The number of carboxylic acid groups (broad SMARTS) is 1. The Morgan fingerprint density at radius 2 is 1.61 bits per heavy atom. The minimum atomic E-state index is -1.17. The van der Waals surface area contributed by atoms with Crippen molar-refractivity contribution in [2.75, 3.05) is 5.75 Å². The zero-order valence-corrected chi connectivity index (χ0v) is 19.7. The molecular formula is C22H31N5O5S. The van der Waals surface area contributed by atoms with E-state index in [1.165, 1.54) is 6.92 Å². The zero-order chi connectivity index (χ0) is 24.7. The van der Waals surface area contributed by atoms with Crippen molar-refractivity contribution in [2.24, 2.45) is 11.7 Å². The van der Waals surface area contributed by atoms with Crippen molar-refractivity contribution in [2.45, 2.75) is 51.4 Å². The van der Waals surface area contributed by atoms with E-state index in [1.807, 2.05) is 24.3 Å². The lowest BCUT2D eigenvalue weighted by Gasteiger charge is -2.25. The Hall–Kier alpha value is -3.05. The van der Waals surface area contributed by atoms with E-state index in [4.69, 9.17) is 5.73 Å². The largest absolute Gasteiger partial charge is 0.480 e. The van der Waals surface area contributed by atoms with Crippen LogP contribution in [0.25, 0.3) is 10.9 Å². The Morgan fingerprint density at radius 1 is 1.00 bits per heavy atom. The van der Waals surface area contributed by atoms with Crippen molar-refractivity contribution in [3.63, 3.8) is 0 Å². The molecule has 2 aromatic rings. The number of hydrogen-bond donors (Lipinski definition) is 7. The summed E-state index contributed by atoms with van der Waals surface area (Å²) >= 11 is 4.12. The van der Waals surface area contributed by atoms with Gasteiger partial charge in [0.1, 0.15) is 18.1 Å². The van der Waals surface area contributed by atoms with Gasteiger partial charge in [-0.2, -0.15) is 12.6 Å². The van der Waals surface area contributed by atoms with E-state index in [-0.39, 0.29) is 18.1 Å². The number of nitrogens with two attached hydrogens (primary N) is 1. The highest BCUT2D eigenvalue weighted by atomic mass is 32.1. The van der Waals surface area contributed by atoms with Gasteiger partial charge in [-0.25, -0.2) is 4.79 Å². The molecule has 0 aliphatic heterocycles. The van der Waals surface area contributed by atoms with Crippen LogP contribution in [0.5, 0.6) is 0 Å². The molecule has 0 fully saturated rings. The first-order valence-electron chi connectivity index (χ1n) is 10.6. The van der Waals surface area contributed by atoms with Crippen molar-refractivity contribution >= 4 is 47.2 Å². The number of aromatic nitrogens is 1. The van der Waals surface area contributed by atoms with Gasteiger partial charge in [-0.05, 0) is 24.5 Å². The number of nitrogens with one attached hydrogen (secondary N) is 4. The van der Waals surface area contributed by atoms with Crippen molar-refractivity contribution in [3.8, 4) is 0 Å². The molecule has 0 saturated carbocycles. The van der Waals surface area contributed by atoms with E-state index in [9.17, 15) is 24.3 Å². The molecule has 0 aliphatic rings. The quantitative estimate of drug-likeness (QED) is 0.228. The minimum absolute atomic E-state index is 0.0184. The van der Waals surface area contributed by atoms with Crippen molar-refractivity contribution in [1.29, 1.82) is 0 Å². The first-order valence-corrected chi connectivity index (χ1v) is 11.2. The molecule has 3 amide bonds. The number of para-hydroxylation sites is 1. The average Bonchev–Trinajstić information content (AvgIpc) is 3.17. The molecule has 4 atom stereocenters. The molecule has 11 heteroatoms. The van der Waals surface area contributed by atoms with E-state index in [2.05, 4.69) is 33.6 Å². The van der Waals surface area contributed by atoms with Gasteiger partial charge < -0.3 is 31.8 Å². The van der Waals surface area contributed by atoms with Crippen LogP contribution < -0.4 is 21.7 Å². The van der Waals surface area contributed by atoms with Crippen LogP contribution in [0, 0.1) is 5.92 Å². The van der Waals surface area contributed by atoms with Crippen LogP contribution in [-0.2, 0) is 25.6 Å². The molecule has 180 valence electrons. The minimum Gasteiger partial charge on any atom is -0.480 e. The summed E-state index contributed by atoms with van der Waals surface area (Å²) in [6, 6.07) is 3.42. The smallest absolute Gasteiger partial charge is 0.326 e. The number of fused-ring (bicyclic) bond motifs is 1. The Morgan fingerprint density at radius 3 is 2.18 bits per heavy atom. The van der Waals surface area contributed by atoms with Crippen LogP contribution >= 0.6 is 12.6 Å². The number of carboxylic acids is 1. The maximum Gasteiger partial charge on any atom is 0.326 e. The third-order valence-electron chi connectivity index (χ3n) is 5.19. The summed E-state index contributed by atoms with van der Waals surface area (Å²) in [7, 11) is 0. The highest BCUT2D eigenvalue weighted by molar-refractivity contribution is 7.80. The zero-order valence-electron chi connectivity index (χ0n) is 18.8. The number of carbonyl (C=O) groups excluding carboxylic acids is 3. The van der Waals surface area contributed by atoms with Crippen LogP contribution in [0.15, 0.2) is 30.5 Å². The van der Waals surface area contributed by atoms with Gasteiger partial charge in [0, 0.05) is 29.3 Å². The number of benzene rings is 1. The fourth-order valence-electron chi connectivity index (χ4n) is 3.27. The number of aromatic amines is 1. The van der Waals surface area contributed by atoms with E-state index in [1.54, 1.807) is 20.0 Å². The number of aliphatic carboxylic acids is 1. The molecule has 0 spiro atoms. The number of rotatable bonds is 11. The van der Waals surface area contributed by atoms with Gasteiger partial charge in [0.25, 0.3) is 0 Å². The summed E-state index contributed by atoms with van der Waals surface area (Å²) in [5.41, 5.74) is 7.18. The van der Waals surface area contributed by atoms with Gasteiger partial charge in [0.15, 0.2) is 0 Å². The molecule has 7 N–H and O–H groups in total. The maximum absolute atomic E-state index is 13.1. The maximum atomic E-state index is 13.1. The van der Waals surface area contributed by atoms with Gasteiger partial charge in [-0.3, -0.25) is 14.4 Å². The van der Waals surface area contributed by atoms with Gasteiger partial charge in [-0.15, -0.1) is 0 Å². The number of carbonyl (C=O) groups is 4. The van der Waals surface area contributed by atoms with Gasteiger partial charge in [0.05, 0.1) is 6.04 Å². The average molecular weight is 478 g/mol. The Bertz CT molecular complexity index is 1010. The summed E-state index contributed by atoms with van der Waals surface area (Å²) in [5.74, 6) is -3.37. The molecule has 0 aliphatic carbocycles. The summed E-state index contributed by atoms with van der Waals surface area (Å²) in [6.45, 7) is 4.83.